The lowest BCUT2D eigenvalue weighted by Crippen LogP contribution is -2.50. The Morgan fingerprint density at radius 2 is 1.75 bits per heavy atom. The molecule has 0 bridgehead atoms. The van der Waals surface area contributed by atoms with Crippen molar-refractivity contribution in [3.63, 3.8) is 0 Å². The second-order valence-corrected chi connectivity index (χ2v) is 7.29. The molecule has 4 rings (SSSR count). The maximum atomic E-state index is 4.51. The summed E-state index contributed by atoms with van der Waals surface area (Å²) < 4.78 is 0. The van der Waals surface area contributed by atoms with E-state index in [1.54, 1.807) is 0 Å². The van der Waals surface area contributed by atoms with Crippen LogP contribution in [-0.2, 0) is 13.0 Å². The third kappa shape index (κ3) is 4.42. The van der Waals surface area contributed by atoms with E-state index < -0.39 is 0 Å². The van der Waals surface area contributed by atoms with E-state index >= 15 is 0 Å². The van der Waals surface area contributed by atoms with E-state index in [0.717, 1.165) is 70.7 Å². The molecule has 0 radical (unpaired) electrons. The van der Waals surface area contributed by atoms with Crippen molar-refractivity contribution >= 4 is 11.9 Å². The van der Waals surface area contributed by atoms with Gasteiger partial charge in [-0.15, -0.1) is 0 Å². The van der Waals surface area contributed by atoms with Crippen LogP contribution in [0.15, 0.2) is 47.7 Å². The molecule has 0 saturated carbocycles. The maximum absolute atomic E-state index is 4.51. The summed E-state index contributed by atoms with van der Waals surface area (Å²) in [5.74, 6) is 1.84. The van der Waals surface area contributed by atoms with Gasteiger partial charge in [0, 0.05) is 71.8 Å². The molecule has 1 aromatic heterocycles. The zero-order valence-corrected chi connectivity index (χ0v) is 16.6. The lowest BCUT2D eigenvalue weighted by atomic mass is 10.0. The van der Waals surface area contributed by atoms with Gasteiger partial charge in [-0.05, 0) is 23.6 Å². The number of aromatic nitrogens is 2. The minimum absolute atomic E-state index is 0.839. The molecule has 1 N–H and O–H groups in total. The minimum Gasteiger partial charge on any atom is -0.355 e. The normalized spacial score (nSPS) is 18.1. The second-order valence-electron chi connectivity index (χ2n) is 7.29. The number of nitrogens with one attached hydrogen (secondary N) is 1. The standard InChI is InChI=1S/C21H29N7/c1-22-20(28-11-7-18-5-2-3-6-19(18)17-28)25-10-12-26-13-15-27(16-14-26)21-23-8-4-9-24-21/h2-6,8-9H,7,10-17H2,1H3,(H,22,25). The van der Waals surface area contributed by atoms with Gasteiger partial charge in [-0.25, -0.2) is 9.97 Å². The molecule has 1 fully saturated rings. The number of guanidine groups is 1. The summed E-state index contributed by atoms with van der Waals surface area (Å²) in [5, 5.41) is 3.56. The average Bonchev–Trinajstić information content (AvgIpc) is 2.77. The smallest absolute Gasteiger partial charge is 0.225 e. The van der Waals surface area contributed by atoms with Gasteiger partial charge in [0.2, 0.25) is 5.95 Å². The van der Waals surface area contributed by atoms with Gasteiger partial charge in [0.1, 0.15) is 0 Å². The van der Waals surface area contributed by atoms with Gasteiger partial charge in [0.05, 0.1) is 0 Å². The van der Waals surface area contributed by atoms with Gasteiger partial charge in [-0.2, -0.15) is 0 Å². The molecule has 0 spiro atoms. The summed E-state index contributed by atoms with van der Waals surface area (Å²) in [6, 6.07) is 10.6. The molecule has 0 amide bonds. The molecular formula is C21H29N7. The van der Waals surface area contributed by atoms with Crippen molar-refractivity contribution < 1.29 is 0 Å². The number of benzene rings is 1. The average molecular weight is 380 g/mol. The van der Waals surface area contributed by atoms with Gasteiger partial charge in [0.25, 0.3) is 0 Å². The van der Waals surface area contributed by atoms with Crippen molar-refractivity contribution in [1.82, 2.24) is 25.1 Å². The van der Waals surface area contributed by atoms with Gasteiger partial charge in [-0.3, -0.25) is 9.89 Å². The Hall–Kier alpha value is -2.67. The Morgan fingerprint density at radius 3 is 2.50 bits per heavy atom. The number of hydrogen-bond donors (Lipinski definition) is 1. The second kappa shape index (κ2) is 9.01. The fourth-order valence-electron chi connectivity index (χ4n) is 3.96. The predicted octanol–water partition coefficient (Wildman–Crippen LogP) is 1.23. The molecule has 0 unspecified atom stereocenters. The number of aliphatic imine (C=N–C) groups is 1. The number of anilines is 1. The first-order valence-electron chi connectivity index (χ1n) is 10.1. The number of hydrogen-bond acceptors (Lipinski definition) is 5. The highest BCUT2D eigenvalue weighted by molar-refractivity contribution is 5.80. The molecule has 7 nitrogen and oxygen atoms in total. The third-order valence-electron chi connectivity index (χ3n) is 5.56. The van der Waals surface area contributed by atoms with Crippen LogP contribution >= 0.6 is 0 Å². The summed E-state index contributed by atoms with van der Waals surface area (Å²) in [5.41, 5.74) is 2.88. The molecular weight excluding hydrogens is 350 g/mol. The molecule has 1 saturated heterocycles. The van der Waals surface area contributed by atoms with E-state index in [0.29, 0.717) is 0 Å². The van der Waals surface area contributed by atoms with Gasteiger partial charge in [-0.1, -0.05) is 24.3 Å². The Balaban J connectivity index is 1.22. The van der Waals surface area contributed by atoms with Crippen LogP contribution in [0.25, 0.3) is 0 Å². The third-order valence-corrected chi connectivity index (χ3v) is 5.56. The number of piperazine rings is 1. The Bertz CT molecular complexity index is 784. The van der Waals surface area contributed by atoms with Crippen LogP contribution in [0.2, 0.25) is 0 Å². The zero-order chi connectivity index (χ0) is 19.2. The summed E-state index contributed by atoms with van der Waals surface area (Å²) in [6.07, 6.45) is 4.70. The van der Waals surface area contributed by atoms with E-state index in [4.69, 9.17) is 0 Å². The van der Waals surface area contributed by atoms with E-state index in [1.165, 1.54) is 11.1 Å². The van der Waals surface area contributed by atoms with Crippen molar-refractivity contribution in [2.75, 3.05) is 57.8 Å². The molecule has 0 aliphatic carbocycles. The predicted molar refractivity (Wildman–Crippen MR) is 113 cm³/mol. The van der Waals surface area contributed by atoms with Crippen molar-refractivity contribution in [2.24, 2.45) is 4.99 Å². The van der Waals surface area contributed by atoms with Crippen LogP contribution in [0.1, 0.15) is 11.1 Å². The fraction of sp³-hybridized carbons (Fsp3) is 0.476. The SMILES string of the molecule is CN=C(NCCN1CCN(c2ncccn2)CC1)N1CCc2ccccc2C1. The van der Waals surface area contributed by atoms with E-state index in [1.807, 2.05) is 25.5 Å². The van der Waals surface area contributed by atoms with E-state index in [-0.39, 0.29) is 0 Å². The van der Waals surface area contributed by atoms with Gasteiger partial charge in [0.15, 0.2) is 5.96 Å². The van der Waals surface area contributed by atoms with Crippen molar-refractivity contribution in [1.29, 1.82) is 0 Å². The van der Waals surface area contributed by atoms with Crippen LogP contribution in [0.5, 0.6) is 0 Å². The molecule has 148 valence electrons. The van der Waals surface area contributed by atoms with Crippen molar-refractivity contribution in [2.45, 2.75) is 13.0 Å². The lowest BCUT2D eigenvalue weighted by molar-refractivity contribution is 0.258. The molecule has 2 aliphatic heterocycles. The highest BCUT2D eigenvalue weighted by Crippen LogP contribution is 2.18. The van der Waals surface area contributed by atoms with Crippen molar-refractivity contribution in [3.05, 3.63) is 53.9 Å². The highest BCUT2D eigenvalue weighted by Gasteiger charge is 2.20. The lowest BCUT2D eigenvalue weighted by Gasteiger charge is -2.35. The summed E-state index contributed by atoms with van der Waals surface area (Å²) in [6.45, 7) is 7.91. The van der Waals surface area contributed by atoms with E-state index in [9.17, 15) is 0 Å². The van der Waals surface area contributed by atoms with Crippen LogP contribution < -0.4 is 10.2 Å². The first-order chi connectivity index (χ1) is 13.8. The van der Waals surface area contributed by atoms with Crippen LogP contribution in [0.3, 0.4) is 0 Å². The van der Waals surface area contributed by atoms with Crippen LogP contribution in [0, 0.1) is 0 Å². The Morgan fingerprint density at radius 1 is 1.00 bits per heavy atom. The van der Waals surface area contributed by atoms with Crippen LogP contribution in [0.4, 0.5) is 5.95 Å². The maximum Gasteiger partial charge on any atom is 0.225 e. The van der Waals surface area contributed by atoms with Gasteiger partial charge >= 0.3 is 0 Å². The van der Waals surface area contributed by atoms with Crippen molar-refractivity contribution in [3.8, 4) is 0 Å². The van der Waals surface area contributed by atoms with Gasteiger partial charge < -0.3 is 15.1 Å². The number of rotatable bonds is 4. The number of fused-ring (bicyclic) bond motifs is 1. The van der Waals surface area contributed by atoms with E-state index in [2.05, 4.69) is 59.2 Å². The highest BCUT2D eigenvalue weighted by atomic mass is 15.3. The topological polar surface area (TPSA) is 59.9 Å². The first kappa shape index (κ1) is 18.7. The largest absolute Gasteiger partial charge is 0.355 e. The molecule has 2 aliphatic rings. The number of nitrogens with zero attached hydrogens (tertiary/aromatic N) is 6. The summed E-state index contributed by atoms with van der Waals surface area (Å²) in [4.78, 5) is 20.3. The fourth-order valence-corrected chi connectivity index (χ4v) is 3.96. The van der Waals surface area contributed by atoms with Crippen LogP contribution in [-0.4, -0.2) is 78.6 Å². The summed E-state index contributed by atoms with van der Waals surface area (Å²) >= 11 is 0. The summed E-state index contributed by atoms with van der Waals surface area (Å²) in [7, 11) is 1.88. The minimum atomic E-state index is 0.839. The Labute approximate surface area is 167 Å². The molecule has 28 heavy (non-hydrogen) atoms. The first-order valence-corrected chi connectivity index (χ1v) is 10.1. The molecule has 1 aromatic carbocycles. The monoisotopic (exact) mass is 379 g/mol. The molecule has 3 heterocycles. The molecule has 2 aromatic rings. The molecule has 0 atom stereocenters. The quantitative estimate of drug-likeness (QED) is 0.637. The molecule has 7 heteroatoms. The zero-order valence-electron chi connectivity index (χ0n) is 16.6. The Kier molecular flexibility index (Phi) is 6.01.